The Labute approximate surface area is 142 Å². The van der Waals surface area contributed by atoms with Crippen LogP contribution in [0.1, 0.15) is 65.9 Å². The molecule has 0 heterocycles. The zero-order valence-electron chi connectivity index (χ0n) is 15.8. The lowest BCUT2D eigenvalue weighted by atomic mass is 9.94. The Hall–Kier alpha value is -1.22. The summed E-state index contributed by atoms with van der Waals surface area (Å²) in [6.07, 6.45) is 2.13. The quantitative estimate of drug-likeness (QED) is 0.660. The van der Waals surface area contributed by atoms with Crippen molar-refractivity contribution in [2.24, 2.45) is 17.6 Å². The fraction of sp³-hybridized carbons (Fsp3) is 0.700. The predicted octanol–water partition coefficient (Wildman–Crippen LogP) is 4.99. The molecule has 2 N–H and O–H groups in total. The van der Waals surface area contributed by atoms with E-state index in [1.165, 1.54) is 5.56 Å². The minimum atomic E-state index is 0.253. The lowest BCUT2D eigenvalue weighted by Gasteiger charge is -2.19. The minimum absolute atomic E-state index is 0.253. The Morgan fingerprint density at radius 2 is 1.39 bits per heavy atom. The lowest BCUT2D eigenvalue weighted by molar-refractivity contribution is 0.229. The molecule has 3 nitrogen and oxygen atoms in total. The van der Waals surface area contributed by atoms with E-state index in [1.54, 1.807) is 0 Å². The van der Waals surface area contributed by atoms with E-state index in [9.17, 15) is 0 Å². The van der Waals surface area contributed by atoms with Gasteiger partial charge in [0.1, 0.15) is 0 Å². The molecule has 0 fully saturated rings. The van der Waals surface area contributed by atoms with Crippen LogP contribution < -0.4 is 15.2 Å². The normalized spacial score (nSPS) is 14.1. The van der Waals surface area contributed by atoms with Crippen molar-refractivity contribution >= 4 is 0 Å². The van der Waals surface area contributed by atoms with E-state index in [2.05, 4.69) is 59.7 Å². The van der Waals surface area contributed by atoms with Crippen LogP contribution in [-0.4, -0.2) is 19.3 Å². The van der Waals surface area contributed by atoms with Gasteiger partial charge in [-0.1, -0.05) is 40.7 Å². The van der Waals surface area contributed by atoms with E-state index in [0.29, 0.717) is 31.0 Å². The highest BCUT2D eigenvalue weighted by Crippen LogP contribution is 2.33. The van der Waals surface area contributed by atoms with Crippen LogP contribution in [0.3, 0.4) is 0 Å². The average molecular weight is 322 g/mol. The molecule has 0 bridgehead atoms. The zero-order chi connectivity index (χ0) is 17.4. The van der Waals surface area contributed by atoms with Crippen molar-refractivity contribution in [1.82, 2.24) is 0 Å². The number of benzene rings is 1. The highest BCUT2D eigenvalue weighted by atomic mass is 16.5. The molecule has 1 aromatic rings. The molecule has 0 radical (unpaired) electrons. The zero-order valence-corrected chi connectivity index (χ0v) is 15.8. The molecule has 2 unspecified atom stereocenters. The highest BCUT2D eigenvalue weighted by molar-refractivity contribution is 5.44. The maximum absolute atomic E-state index is 6.00. The van der Waals surface area contributed by atoms with Crippen LogP contribution in [0.5, 0.6) is 11.5 Å². The molecule has 0 amide bonds. The summed E-state index contributed by atoms with van der Waals surface area (Å²) in [4.78, 5) is 0. The van der Waals surface area contributed by atoms with Crippen molar-refractivity contribution in [2.45, 2.75) is 66.3 Å². The van der Waals surface area contributed by atoms with Gasteiger partial charge in [-0.3, -0.25) is 0 Å². The van der Waals surface area contributed by atoms with Crippen molar-refractivity contribution in [2.75, 3.05) is 13.2 Å². The van der Waals surface area contributed by atoms with E-state index in [1.807, 2.05) is 0 Å². The molecule has 1 rings (SSSR count). The molecule has 2 atom stereocenters. The molecular formula is C20H35NO2. The molecule has 0 aliphatic rings. The maximum Gasteiger partial charge on any atom is 0.161 e. The van der Waals surface area contributed by atoms with E-state index in [0.717, 1.165) is 24.3 Å². The molecule has 0 saturated carbocycles. The molecule has 0 aromatic heterocycles. The summed E-state index contributed by atoms with van der Waals surface area (Å²) in [6, 6.07) is 6.60. The molecule has 0 saturated heterocycles. The SMILES string of the molecule is CC(C)COc1ccc(C(C)CCC(C)N)cc1OCC(C)C. The molecule has 0 spiro atoms. The summed E-state index contributed by atoms with van der Waals surface area (Å²) in [7, 11) is 0. The summed E-state index contributed by atoms with van der Waals surface area (Å²) < 4.78 is 11.9. The van der Waals surface area contributed by atoms with Crippen LogP contribution in [0.15, 0.2) is 18.2 Å². The largest absolute Gasteiger partial charge is 0.489 e. The van der Waals surface area contributed by atoms with Gasteiger partial charge in [0.05, 0.1) is 13.2 Å². The second kappa shape index (κ2) is 9.82. The third kappa shape index (κ3) is 7.74. The molecule has 3 heteroatoms. The third-order valence-corrected chi connectivity index (χ3v) is 3.74. The Bertz CT molecular complexity index is 455. The van der Waals surface area contributed by atoms with Gasteiger partial charge in [-0.2, -0.15) is 0 Å². The van der Waals surface area contributed by atoms with Crippen molar-refractivity contribution in [3.63, 3.8) is 0 Å². The second-order valence-corrected chi connectivity index (χ2v) is 7.57. The first-order valence-corrected chi connectivity index (χ1v) is 8.94. The van der Waals surface area contributed by atoms with Crippen LogP contribution in [0.25, 0.3) is 0 Å². The van der Waals surface area contributed by atoms with Gasteiger partial charge in [-0.25, -0.2) is 0 Å². The number of ether oxygens (including phenoxy) is 2. The van der Waals surface area contributed by atoms with E-state index >= 15 is 0 Å². The van der Waals surface area contributed by atoms with Gasteiger partial charge in [-0.05, 0) is 55.2 Å². The highest BCUT2D eigenvalue weighted by Gasteiger charge is 2.13. The van der Waals surface area contributed by atoms with Crippen LogP contribution in [0.4, 0.5) is 0 Å². The monoisotopic (exact) mass is 321 g/mol. The fourth-order valence-electron chi connectivity index (χ4n) is 2.26. The summed E-state index contributed by atoms with van der Waals surface area (Å²) >= 11 is 0. The Morgan fingerprint density at radius 1 is 0.826 bits per heavy atom. The molecule has 132 valence electrons. The van der Waals surface area contributed by atoms with Gasteiger partial charge < -0.3 is 15.2 Å². The van der Waals surface area contributed by atoms with Gasteiger partial charge in [0, 0.05) is 6.04 Å². The summed E-state index contributed by atoms with van der Waals surface area (Å²) in [5, 5.41) is 0. The van der Waals surface area contributed by atoms with Gasteiger partial charge in [-0.15, -0.1) is 0 Å². The first kappa shape index (κ1) is 19.8. The molecule has 0 aliphatic heterocycles. The first-order chi connectivity index (χ1) is 10.8. The van der Waals surface area contributed by atoms with Gasteiger partial charge in [0.15, 0.2) is 11.5 Å². The first-order valence-electron chi connectivity index (χ1n) is 8.94. The van der Waals surface area contributed by atoms with E-state index in [-0.39, 0.29) is 6.04 Å². The number of hydrogen-bond acceptors (Lipinski definition) is 3. The molecular weight excluding hydrogens is 286 g/mol. The van der Waals surface area contributed by atoms with Gasteiger partial charge in [0.25, 0.3) is 0 Å². The van der Waals surface area contributed by atoms with Gasteiger partial charge in [0.2, 0.25) is 0 Å². The number of rotatable bonds is 10. The van der Waals surface area contributed by atoms with Crippen molar-refractivity contribution in [3.05, 3.63) is 23.8 Å². The van der Waals surface area contributed by atoms with Crippen LogP contribution in [0, 0.1) is 11.8 Å². The van der Waals surface area contributed by atoms with Crippen molar-refractivity contribution < 1.29 is 9.47 Å². The number of hydrogen-bond donors (Lipinski definition) is 1. The van der Waals surface area contributed by atoms with Crippen LogP contribution in [-0.2, 0) is 0 Å². The molecule has 23 heavy (non-hydrogen) atoms. The lowest BCUT2D eigenvalue weighted by Crippen LogP contribution is -2.15. The van der Waals surface area contributed by atoms with E-state index in [4.69, 9.17) is 15.2 Å². The minimum Gasteiger partial charge on any atom is -0.489 e. The Kier molecular flexibility index (Phi) is 8.46. The standard InChI is InChI=1S/C20H35NO2/c1-14(2)12-22-19-10-9-18(16(5)7-8-17(6)21)11-20(19)23-13-15(3)4/h9-11,14-17H,7-8,12-13,21H2,1-6H3. The smallest absolute Gasteiger partial charge is 0.161 e. The summed E-state index contributed by atoms with van der Waals surface area (Å²) in [5.41, 5.74) is 7.17. The third-order valence-electron chi connectivity index (χ3n) is 3.74. The molecule has 1 aromatic carbocycles. The fourth-order valence-corrected chi connectivity index (χ4v) is 2.26. The number of nitrogens with two attached hydrogens (primary N) is 1. The van der Waals surface area contributed by atoms with E-state index < -0.39 is 0 Å². The maximum atomic E-state index is 6.00. The predicted molar refractivity (Wildman–Crippen MR) is 98.4 cm³/mol. The second-order valence-electron chi connectivity index (χ2n) is 7.57. The average Bonchev–Trinajstić information content (AvgIpc) is 2.48. The Morgan fingerprint density at radius 3 is 1.91 bits per heavy atom. The summed E-state index contributed by atoms with van der Waals surface area (Å²) in [5.74, 6) is 3.18. The van der Waals surface area contributed by atoms with Crippen molar-refractivity contribution in [1.29, 1.82) is 0 Å². The Balaban J connectivity index is 2.86. The van der Waals surface area contributed by atoms with Crippen LogP contribution >= 0.6 is 0 Å². The van der Waals surface area contributed by atoms with Gasteiger partial charge >= 0.3 is 0 Å². The van der Waals surface area contributed by atoms with Crippen molar-refractivity contribution in [3.8, 4) is 11.5 Å². The topological polar surface area (TPSA) is 44.5 Å². The van der Waals surface area contributed by atoms with Crippen LogP contribution in [0.2, 0.25) is 0 Å². The summed E-state index contributed by atoms with van der Waals surface area (Å²) in [6.45, 7) is 14.3. The molecule has 0 aliphatic carbocycles.